The molecule has 0 unspecified atom stereocenters. The zero-order valence-corrected chi connectivity index (χ0v) is 15.2. The molecule has 1 aromatic heterocycles. The fourth-order valence-corrected chi connectivity index (χ4v) is 4.94. The van der Waals surface area contributed by atoms with Gasteiger partial charge in [0.2, 0.25) is 11.8 Å². The third kappa shape index (κ3) is 2.03. The Hall–Kier alpha value is -2.56. The Morgan fingerprint density at radius 2 is 1.96 bits per heavy atom. The summed E-state index contributed by atoms with van der Waals surface area (Å²) in [6, 6.07) is 7.37. The molecule has 1 N–H and O–H groups in total. The number of fused-ring (bicyclic) bond motifs is 5. The summed E-state index contributed by atoms with van der Waals surface area (Å²) < 4.78 is 0. The molecule has 5 nitrogen and oxygen atoms in total. The van der Waals surface area contributed by atoms with Crippen molar-refractivity contribution >= 4 is 22.7 Å². The number of carbonyl (C=O) groups is 2. The normalized spacial score (nSPS) is 27.4. The topological polar surface area (TPSA) is 56.4 Å². The smallest absolute Gasteiger partial charge is 0.246 e. The third-order valence-electron chi connectivity index (χ3n) is 6.03. The van der Waals surface area contributed by atoms with Crippen LogP contribution in [0.5, 0.6) is 0 Å². The molecule has 134 valence electrons. The van der Waals surface area contributed by atoms with Crippen LogP contribution in [0.4, 0.5) is 0 Å². The zero-order valence-electron chi connectivity index (χ0n) is 15.2. The molecule has 3 aliphatic rings. The molecule has 0 saturated carbocycles. The average Bonchev–Trinajstić information content (AvgIpc) is 3.24. The van der Waals surface area contributed by atoms with E-state index in [9.17, 15) is 9.59 Å². The van der Waals surface area contributed by atoms with E-state index in [4.69, 9.17) is 0 Å². The predicted octanol–water partition coefficient (Wildman–Crippen LogP) is 2.93. The number of nitrogens with one attached hydrogen (secondary N) is 1. The van der Waals surface area contributed by atoms with Gasteiger partial charge in [-0.15, -0.1) is 0 Å². The second-order valence-corrected chi connectivity index (χ2v) is 7.91. The summed E-state index contributed by atoms with van der Waals surface area (Å²) >= 11 is 0. The zero-order chi connectivity index (χ0) is 18.0. The number of amides is 2. The van der Waals surface area contributed by atoms with E-state index in [-0.39, 0.29) is 29.9 Å². The highest BCUT2D eigenvalue weighted by Gasteiger charge is 2.52. The number of benzene rings is 1. The van der Waals surface area contributed by atoms with Gasteiger partial charge < -0.3 is 14.8 Å². The Morgan fingerprint density at radius 1 is 1.15 bits per heavy atom. The van der Waals surface area contributed by atoms with E-state index in [1.54, 1.807) is 0 Å². The van der Waals surface area contributed by atoms with Gasteiger partial charge in [0.25, 0.3) is 0 Å². The molecule has 4 heterocycles. The standard InChI is InChI=1S/C21H23N3O2/c1-12(2)10-17-19-14(13-6-3-4-7-15(13)22-19)11-18-20(25)23-9-5-8-16(23)21(26)24(17)18/h3-4,6-7,10,16-18,22H,5,8-9,11H2,1-2H3/t16-,17+,18+/m1/s1. The molecular weight excluding hydrogens is 326 g/mol. The molecule has 5 rings (SSSR count). The lowest BCUT2D eigenvalue weighted by atomic mass is 9.87. The predicted molar refractivity (Wildman–Crippen MR) is 99.5 cm³/mol. The SMILES string of the molecule is CC(C)=C[C@H]1c2[nH]c3ccccc3c2C[C@H]2C(=O)N3CCC[C@@H]3C(=O)N21. The van der Waals surface area contributed by atoms with Crippen LogP contribution < -0.4 is 0 Å². The quantitative estimate of drug-likeness (QED) is 0.805. The van der Waals surface area contributed by atoms with Crippen LogP contribution >= 0.6 is 0 Å². The van der Waals surface area contributed by atoms with Crippen LogP contribution in [0.15, 0.2) is 35.9 Å². The van der Waals surface area contributed by atoms with E-state index in [1.165, 1.54) is 5.56 Å². The van der Waals surface area contributed by atoms with Crippen molar-refractivity contribution in [1.82, 2.24) is 14.8 Å². The molecule has 2 aromatic rings. The van der Waals surface area contributed by atoms with Crippen molar-refractivity contribution < 1.29 is 9.59 Å². The summed E-state index contributed by atoms with van der Waals surface area (Å²) in [5, 5.41) is 1.16. The molecule has 2 fully saturated rings. The van der Waals surface area contributed by atoms with Crippen molar-refractivity contribution in [1.29, 1.82) is 0 Å². The number of H-pyrrole nitrogens is 1. The lowest BCUT2D eigenvalue weighted by Gasteiger charge is -2.47. The number of aromatic amines is 1. The molecule has 1 aromatic carbocycles. The molecule has 5 heteroatoms. The first-order valence-electron chi connectivity index (χ1n) is 9.43. The van der Waals surface area contributed by atoms with E-state index in [0.29, 0.717) is 13.0 Å². The van der Waals surface area contributed by atoms with Crippen LogP contribution in [-0.4, -0.2) is 45.2 Å². The molecule has 0 radical (unpaired) electrons. The Bertz CT molecular complexity index is 953. The number of rotatable bonds is 1. The van der Waals surface area contributed by atoms with Crippen molar-refractivity contribution in [3.8, 4) is 0 Å². The minimum Gasteiger partial charge on any atom is -0.356 e. The van der Waals surface area contributed by atoms with Crippen LogP contribution in [-0.2, 0) is 16.0 Å². The maximum absolute atomic E-state index is 13.3. The summed E-state index contributed by atoms with van der Waals surface area (Å²) in [7, 11) is 0. The highest BCUT2D eigenvalue weighted by atomic mass is 16.2. The van der Waals surface area contributed by atoms with Crippen LogP contribution in [0.25, 0.3) is 10.9 Å². The van der Waals surface area contributed by atoms with E-state index in [0.717, 1.165) is 35.0 Å². The van der Waals surface area contributed by atoms with Crippen molar-refractivity contribution in [3.63, 3.8) is 0 Å². The number of hydrogen-bond donors (Lipinski definition) is 1. The largest absolute Gasteiger partial charge is 0.356 e. The molecule has 0 spiro atoms. The van der Waals surface area contributed by atoms with E-state index >= 15 is 0 Å². The van der Waals surface area contributed by atoms with Gasteiger partial charge in [-0.25, -0.2) is 0 Å². The van der Waals surface area contributed by atoms with Crippen molar-refractivity contribution in [3.05, 3.63) is 47.2 Å². The van der Waals surface area contributed by atoms with Crippen molar-refractivity contribution in [2.75, 3.05) is 6.54 Å². The molecule has 0 bridgehead atoms. The number of carbonyl (C=O) groups excluding carboxylic acids is 2. The van der Waals surface area contributed by atoms with Crippen molar-refractivity contribution in [2.24, 2.45) is 0 Å². The highest BCUT2D eigenvalue weighted by molar-refractivity contribution is 5.99. The van der Waals surface area contributed by atoms with Gasteiger partial charge in [-0.05, 0) is 38.3 Å². The number of para-hydroxylation sites is 1. The van der Waals surface area contributed by atoms with Gasteiger partial charge in [0.15, 0.2) is 0 Å². The lowest BCUT2D eigenvalue weighted by Crippen LogP contribution is -2.65. The van der Waals surface area contributed by atoms with Crippen LogP contribution in [0.2, 0.25) is 0 Å². The second kappa shape index (κ2) is 5.47. The summed E-state index contributed by atoms with van der Waals surface area (Å²) in [6.45, 7) is 4.81. The maximum atomic E-state index is 13.3. The maximum Gasteiger partial charge on any atom is 0.246 e. The molecule has 0 aliphatic carbocycles. The van der Waals surface area contributed by atoms with Gasteiger partial charge in [0.1, 0.15) is 12.1 Å². The number of allylic oxidation sites excluding steroid dienone is 1. The Morgan fingerprint density at radius 3 is 2.77 bits per heavy atom. The van der Waals surface area contributed by atoms with Crippen LogP contribution in [0, 0.1) is 0 Å². The lowest BCUT2D eigenvalue weighted by molar-refractivity contribution is -0.162. The first-order valence-corrected chi connectivity index (χ1v) is 9.43. The summed E-state index contributed by atoms with van der Waals surface area (Å²) in [6.07, 6.45) is 4.43. The third-order valence-corrected chi connectivity index (χ3v) is 6.03. The molecule has 26 heavy (non-hydrogen) atoms. The Balaban J connectivity index is 1.72. The molecule has 2 saturated heterocycles. The molecular formula is C21H23N3O2. The molecule has 3 aliphatic heterocycles. The average molecular weight is 349 g/mol. The van der Waals surface area contributed by atoms with Gasteiger partial charge in [-0.2, -0.15) is 0 Å². The van der Waals surface area contributed by atoms with Gasteiger partial charge >= 0.3 is 0 Å². The van der Waals surface area contributed by atoms with Gasteiger partial charge in [0, 0.05) is 29.6 Å². The fourth-order valence-electron chi connectivity index (χ4n) is 4.94. The first-order chi connectivity index (χ1) is 12.6. The number of aromatic nitrogens is 1. The van der Waals surface area contributed by atoms with Gasteiger partial charge in [-0.1, -0.05) is 29.8 Å². The van der Waals surface area contributed by atoms with Gasteiger partial charge in [-0.3, -0.25) is 9.59 Å². The molecule has 3 atom stereocenters. The van der Waals surface area contributed by atoms with E-state index < -0.39 is 0 Å². The number of piperazine rings is 1. The summed E-state index contributed by atoms with van der Waals surface area (Å²) in [4.78, 5) is 33.7. The first kappa shape index (κ1) is 15.7. The Kier molecular flexibility index (Phi) is 3.30. The minimum absolute atomic E-state index is 0.110. The summed E-state index contributed by atoms with van der Waals surface area (Å²) in [5.41, 5.74) is 4.47. The van der Waals surface area contributed by atoms with Crippen LogP contribution in [0.3, 0.4) is 0 Å². The second-order valence-electron chi connectivity index (χ2n) is 7.91. The number of nitrogens with zero attached hydrogens (tertiary/aromatic N) is 2. The van der Waals surface area contributed by atoms with Crippen molar-refractivity contribution in [2.45, 2.75) is 51.2 Å². The summed E-state index contributed by atoms with van der Waals surface area (Å²) in [5.74, 6) is 0.231. The monoisotopic (exact) mass is 349 g/mol. The number of hydrogen-bond acceptors (Lipinski definition) is 2. The van der Waals surface area contributed by atoms with E-state index in [1.807, 2.05) is 35.8 Å². The van der Waals surface area contributed by atoms with Crippen LogP contribution in [0.1, 0.15) is 44.0 Å². The van der Waals surface area contributed by atoms with E-state index in [2.05, 4.69) is 23.2 Å². The fraction of sp³-hybridized carbons (Fsp3) is 0.429. The minimum atomic E-state index is -0.385. The Labute approximate surface area is 152 Å². The van der Waals surface area contributed by atoms with Gasteiger partial charge in [0.05, 0.1) is 6.04 Å². The molecule has 2 amide bonds. The highest BCUT2D eigenvalue weighted by Crippen LogP contribution is 2.42.